The van der Waals surface area contributed by atoms with Crippen LogP contribution in [0.15, 0.2) is 18.2 Å². The zero-order valence-electron chi connectivity index (χ0n) is 14.0. The third-order valence-corrected chi connectivity index (χ3v) is 4.12. The first kappa shape index (κ1) is 16.5. The van der Waals surface area contributed by atoms with Crippen LogP contribution in [0.25, 0.3) is 0 Å². The van der Waals surface area contributed by atoms with Crippen LogP contribution < -0.4 is 5.32 Å². The van der Waals surface area contributed by atoms with Gasteiger partial charge in [0.2, 0.25) is 0 Å². The quantitative estimate of drug-likeness (QED) is 0.871. The molecule has 0 radical (unpaired) electrons. The molecule has 0 amide bonds. The summed E-state index contributed by atoms with van der Waals surface area (Å²) in [4.78, 5) is 2.53. The first-order valence-electron chi connectivity index (χ1n) is 8.29. The molecule has 2 atom stereocenters. The number of hydrogen-bond donors (Lipinski definition) is 1. The van der Waals surface area contributed by atoms with Crippen LogP contribution in [0.1, 0.15) is 43.0 Å². The molecule has 1 aliphatic heterocycles. The molecule has 1 fully saturated rings. The van der Waals surface area contributed by atoms with Crippen molar-refractivity contribution in [1.82, 2.24) is 10.2 Å². The van der Waals surface area contributed by atoms with E-state index in [9.17, 15) is 0 Å². The molecule has 1 aromatic carbocycles. The fraction of sp³-hybridized carbons (Fsp3) is 0.667. The van der Waals surface area contributed by atoms with Crippen molar-refractivity contribution in [3.8, 4) is 0 Å². The highest BCUT2D eigenvalue weighted by molar-refractivity contribution is 5.31. The molecule has 0 spiro atoms. The van der Waals surface area contributed by atoms with Gasteiger partial charge in [-0.05, 0) is 38.9 Å². The normalized spacial score (nSPS) is 21.4. The monoisotopic (exact) mass is 290 g/mol. The average Bonchev–Trinajstić information content (AvgIpc) is 2.44. The minimum absolute atomic E-state index is 0.242. The molecule has 3 nitrogen and oxygen atoms in total. The number of morpholine rings is 1. The number of nitrogens with one attached hydrogen (secondary N) is 1. The molecule has 1 N–H and O–H groups in total. The van der Waals surface area contributed by atoms with Crippen molar-refractivity contribution in [1.29, 1.82) is 0 Å². The number of likely N-dealkylation sites (N-methyl/N-ethyl adjacent to an activating group) is 1. The Labute approximate surface area is 129 Å². The van der Waals surface area contributed by atoms with Crippen molar-refractivity contribution in [3.05, 3.63) is 34.9 Å². The highest BCUT2D eigenvalue weighted by atomic mass is 16.5. The van der Waals surface area contributed by atoms with E-state index in [0.717, 1.165) is 26.2 Å². The summed E-state index contributed by atoms with van der Waals surface area (Å²) >= 11 is 0. The van der Waals surface area contributed by atoms with E-state index in [4.69, 9.17) is 4.74 Å². The van der Waals surface area contributed by atoms with Gasteiger partial charge in [-0.2, -0.15) is 0 Å². The van der Waals surface area contributed by atoms with E-state index in [-0.39, 0.29) is 12.1 Å². The summed E-state index contributed by atoms with van der Waals surface area (Å²) in [5, 5.41) is 3.63. The molecule has 1 aliphatic rings. The number of rotatable bonds is 6. The third kappa shape index (κ3) is 4.53. The van der Waals surface area contributed by atoms with Crippen molar-refractivity contribution in [3.63, 3.8) is 0 Å². The second-order valence-electron chi connectivity index (χ2n) is 6.17. The van der Waals surface area contributed by atoms with Crippen molar-refractivity contribution in [2.45, 2.75) is 46.3 Å². The molecule has 1 aromatic rings. The lowest BCUT2D eigenvalue weighted by Gasteiger charge is -2.37. The maximum atomic E-state index is 6.10. The van der Waals surface area contributed by atoms with Crippen LogP contribution in [-0.2, 0) is 4.74 Å². The van der Waals surface area contributed by atoms with E-state index in [1.807, 2.05) is 0 Å². The smallest absolute Gasteiger partial charge is 0.0896 e. The van der Waals surface area contributed by atoms with Gasteiger partial charge in [0.15, 0.2) is 0 Å². The molecule has 118 valence electrons. The lowest BCUT2D eigenvalue weighted by atomic mass is 9.96. The first-order valence-corrected chi connectivity index (χ1v) is 8.29. The molecule has 1 saturated heterocycles. The van der Waals surface area contributed by atoms with Gasteiger partial charge in [-0.1, -0.05) is 43.2 Å². The van der Waals surface area contributed by atoms with Crippen LogP contribution in [0, 0.1) is 13.8 Å². The molecular formula is C18H30N2O. The van der Waals surface area contributed by atoms with E-state index in [0.29, 0.717) is 0 Å². The Hall–Kier alpha value is -0.900. The molecule has 0 aromatic heterocycles. The Kier molecular flexibility index (Phi) is 6.22. The topological polar surface area (TPSA) is 24.5 Å². The van der Waals surface area contributed by atoms with Crippen LogP contribution >= 0.6 is 0 Å². The zero-order chi connectivity index (χ0) is 15.2. The Morgan fingerprint density at radius 3 is 2.57 bits per heavy atom. The average molecular weight is 290 g/mol. The van der Waals surface area contributed by atoms with Gasteiger partial charge in [0.05, 0.1) is 18.8 Å². The van der Waals surface area contributed by atoms with E-state index in [1.54, 1.807) is 0 Å². The number of aryl methyl sites for hydroxylation is 2. The summed E-state index contributed by atoms with van der Waals surface area (Å²) in [5.74, 6) is 0. The van der Waals surface area contributed by atoms with Gasteiger partial charge in [0, 0.05) is 13.1 Å². The lowest BCUT2D eigenvalue weighted by molar-refractivity contribution is -0.0468. The second-order valence-corrected chi connectivity index (χ2v) is 6.17. The molecule has 0 bridgehead atoms. The van der Waals surface area contributed by atoms with Crippen molar-refractivity contribution in [2.75, 3.05) is 32.8 Å². The first-order chi connectivity index (χ1) is 10.1. The largest absolute Gasteiger partial charge is 0.374 e. The highest BCUT2D eigenvalue weighted by Crippen LogP contribution is 2.24. The summed E-state index contributed by atoms with van der Waals surface area (Å²) in [6, 6.07) is 7.11. The van der Waals surface area contributed by atoms with Crippen molar-refractivity contribution >= 4 is 0 Å². The highest BCUT2D eigenvalue weighted by Gasteiger charge is 2.28. The number of benzene rings is 1. The van der Waals surface area contributed by atoms with E-state index in [2.05, 4.69) is 56.1 Å². The fourth-order valence-corrected chi connectivity index (χ4v) is 3.33. The molecule has 2 unspecified atom stereocenters. The Balaban J connectivity index is 2.17. The molecule has 0 saturated carbocycles. The van der Waals surface area contributed by atoms with Gasteiger partial charge in [0.1, 0.15) is 0 Å². The minimum Gasteiger partial charge on any atom is -0.374 e. The summed E-state index contributed by atoms with van der Waals surface area (Å²) in [7, 11) is 0. The SMILES string of the molecule is CCCN1CCOC(C(NCC)c2cc(C)cc(C)c2)C1. The van der Waals surface area contributed by atoms with Gasteiger partial charge in [-0.3, -0.25) is 4.90 Å². The maximum Gasteiger partial charge on any atom is 0.0896 e. The predicted molar refractivity (Wildman–Crippen MR) is 88.8 cm³/mol. The van der Waals surface area contributed by atoms with Crippen LogP contribution in [0.2, 0.25) is 0 Å². The molecule has 3 heteroatoms. The summed E-state index contributed by atoms with van der Waals surface area (Å²) < 4.78 is 6.10. The summed E-state index contributed by atoms with van der Waals surface area (Å²) in [6.07, 6.45) is 1.45. The van der Waals surface area contributed by atoms with E-state index < -0.39 is 0 Å². The lowest BCUT2D eigenvalue weighted by Crippen LogP contribution is -2.48. The van der Waals surface area contributed by atoms with E-state index >= 15 is 0 Å². The maximum absolute atomic E-state index is 6.10. The van der Waals surface area contributed by atoms with Gasteiger partial charge in [0.25, 0.3) is 0 Å². The molecule has 0 aliphatic carbocycles. The van der Waals surface area contributed by atoms with Gasteiger partial charge >= 0.3 is 0 Å². The molecule has 2 rings (SSSR count). The Morgan fingerprint density at radius 2 is 1.95 bits per heavy atom. The summed E-state index contributed by atoms with van der Waals surface area (Å²) in [6.45, 7) is 13.8. The van der Waals surface area contributed by atoms with Gasteiger partial charge < -0.3 is 10.1 Å². The van der Waals surface area contributed by atoms with Crippen molar-refractivity contribution in [2.24, 2.45) is 0 Å². The molecule has 1 heterocycles. The minimum atomic E-state index is 0.242. The Bertz CT molecular complexity index is 425. The van der Waals surface area contributed by atoms with Crippen LogP contribution in [0.5, 0.6) is 0 Å². The van der Waals surface area contributed by atoms with Crippen LogP contribution in [0.3, 0.4) is 0 Å². The van der Waals surface area contributed by atoms with Crippen LogP contribution in [0.4, 0.5) is 0 Å². The van der Waals surface area contributed by atoms with E-state index in [1.165, 1.54) is 29.7 Å². The van der Waals surface area contributed by atoms with Crippen molar-refractivity contribution < 1.29 is 4.74 Å². The molecule has 21 heavy (non-hydrogen) atoms. The third-order valence-electron chi connectivity index (χ3n) is 4.12. The van der Waals surface area contributed by atoms with Crippen LogP contribution in [-0.4, -0.2) is 43.8 Å². The number of nitrogens with zero attached hydrogens (tertiary/aromatic N) is 1. The number of ether oxygens (including phenoxy) is 1. The van der Waals surface area contributed by atoms with Gasteiger partial charge in [-0.25, -0.2) is 0 Å². The zero-order valence-corrected chi connectivity index (χ0v) is 14.0. The fourth-order valence-electron chi connectivity index (χ4n) is 3.33. The predicted octanol–water partition coefficient (Wildman–Crippen LogP) is 3.06. The Morgan fingerprint density at radius 1 is 1.24 bits per heavy atom. The molecular weight excluding hydrogens is 260 g/mol. The summed E-state index contributed by atoms with van der Waals surface area (Å²) in [5.41, 5.74) is 4.01. The number of hydrogen-bond acceptors (Lipinski definition) is 3. The second kappa shape index (κ2) is 7.92. The standard InChI is InChI=1S/C18H30N2O/c1-5-7-20-8-9-21-17(13-20)18(19-6-2)16-11-14(3)10-15(4)12-16/h10-12,17-19H,5-9,13H2,1-4H3. The van der Waals surface area contributed by atoms with Gasteiger partial charge in [-0.15, -0.1) is 0 Å².